The molecule has 98 valence electrons. The standard InChI is InChI=1S/C15H15NO3/c1-12-7-8-14(17)16(9-12)10-15(18)19-11-13-5-3-2-4-6-13/h2-9H,10-11H2,1H3. The number of aromatic nitrogens is 1. The Hall–Kier alpha value is -2.36. The minimum Gasteiger partial charge on any atom is -0.459 e. The van der Waals surface area contributed by atoms with Crippen LogP contribution in [0.15, 0.2) is 53.5 Å². The number of hydrogen-bond donors (Lipinski definition) is 0. The molecule has 0 spiro atoms. The second-order valence-electron chi connectivity index (χ2n) is 4.32. The molecule has 0 unspecified atom stereocenters. The molecule has 0 fully saturated rings. The molecule has 0 saturated carbocycles. The molecule has 0 radical (unpaired) electrons. The molecule has 0 bridgehead atoms. The van der Waals surface area contributed by atoms with Gasteiger partial charge in [-0.25, -0.2) is 0 Å². The van der Waals surface area contributed by atoms with Crippen molar-refractivity contribution in [3.8, 4) is 0 Å². The molecule has 0 amide bonds. The van der Waals surface area contributed by atoms with Crippen molar-refractivity contribution < 1.29 is 9.53 Å². The third-order valence-corrected chi connectivity index (χ3v) is 2.67. The van der Waals surface area contributed by atoms with Crippen molar-refractivity contribution in [2.24, 2.45) is 0 Å². The first-order chi connectivity index (χ1) is 9.15. The molecular formula is C15H15NO3. The van der Waals surface area contributed by atoms with E-state index in [9.17, 15) is 9.59 Å². The lowest BCUT2D eigenvalue weighted by Gasteiger charge is -2.07. The van der Waals surface area contributed by atoms with Crippen molar-refractivity contribution in [1.82, 2.24) is 4.57 Å². The molecule has 0 N–H and O–H groups in total. The molecule has 0 aliphatic carbocycles. The number of pyridine rings is 1. The normalized spacial score (nSPS) is 10.2. The fourth-order valence-electron chi connectivity index (χ4n) is 1.70. The predicted octanol–water partition coefficient (Wildman–Crippen LogP) is 1.90. The van der Waals surface area contributed by atoms with Gasteiger partial charge in [-0.15, -0.1) is 0 Å². The minimum absolute atomic E-state index is 0.0622. The smallest absolute Gasteiger partial charge is 0.326 e. The van der Waals surface area contributed by atoms with E-state index in [-0.39, 0.29) is 18.7 Å². The number of carbonyl (C=O) groups is 1. The van der Waals surface area contributed by atoms with E-state index in [0.29, 0.717) is 0 Å². The van der Waals surface area contributed by atoms with E-state index in [1.165, 1.54) is 10.6 Å². The molecule has 19 heavy (non-hydrogen) atoms. The van der Waals surface area contributed by atoms with Crippen molar-refractivity contribution in [3.05, 3.63) is 70.1 Å². The zero-order valence-corrected chi connectivity index (χ0v) is 10.7. The first-order valence-corrected chi connectivity index (χ1v) is 6.02. The third kappa shape index (κ3) is 3.81. The van der Waals surface area contributed by atoms with Gasteiger partial charge in [0.25, 0.3) is 5.56 Å². The summed E-state index contributed by atoms with van der Waals surface area (Å²) in [6, 6.07) is 12.6. The van der Waals surface area contributed by atoms with Crippen LogP contribution in [0.4, 0.5) is 0 Å². The lowest BCUT2D eigenvalue weighted by molar-refractivity contribution is -0.145. The summed E-state index contributed by atoms with van der Waals surface area (Å²) in [5, 5.41) is 0. The van der Waals surface area contributed by atoms with Gasteiger partial charge in [0.1, 0.15) is 13.2 Å². The van der Waals surface area contributed by atoms with Crippen molar-refractivity contribution in [2.75, 3.05) is 0 Å². The quantitative estimate of drug-likeness (QED) is 0.786. The SMILES string of the molecule is Cc1ccc(=O)n(CC(=O)OCc2ccccc2)c1. The topological polar surface area (TPSA) is 48.3 Å². The van der Waals surface area contributed by atoms with Gasteiger partial charge in [-0.3, -0.25) is 9.59 Å². The average molecular weight is 257 g/mol. The van der Waals surface area contributed by atoms with Crippen molar-refractivity contribution >= 4 is 5.97 Å². The molecular weight excluding hydrogens is 242 g/mol. The fourth-order valence-corrected chi connectivity index (χ4v) is 1.70. The first kappa shape index (κ1) is 13.1. The van der Waals surface area contributed by atoms with Gasteiger partial charge in [0, 0.05) is 12.3 Å². The van der Waals surface area contributed by atoms with Crippen LogP contribution in [-0.2, 0) is 22.7 Å². The average Bonchev–Trinajstić information content (AvgIpc) is 2.42. The third-order valence-electron chi connectivity index (χ3n) is 2.67. The molecule has 0 aliphatic heterocycles. The van der Waals surface area contributed by atoms with Crippen LogP contribution in [0.1, 0.15) is 11.1 Å². The number of aryl methyl sites for hydroxylation is 1. The Kier molecular flexibility index (Phi) is 4.13. The lowest BCUT2D eigenvalue weighted by atomic mass is 10.2. The van der Waals surface area contributed by atoms with Gasteiger partial charge >= 0.3 is 5.97 Å². The Morgan fingerprint density at radius 1 is 1.16 bits per heavy atom. The molecule has 4 heteroatoms. The summed E-state index contributed by atoms with van der Waals surface area (Å²) in [5.41, 5.74) is 1.64. The van der Waals surface area contributed by atoms with E-state index in [1.807, 2.05) is 37.3 Å². The van der Waals surface area contributed by atoms with Gasteiger partial charge in [0.2, 0.25) is 0 Å². The second kappa shape index (κ2) is 6.00. The van der Waals surface area contributed by atoms with E-state index < -0.39 is 5.97 Å². The Bertz CT molecular complexity index is 617. The van der Waals surface area contributed by atoms with Gasteiger partial charge < -0.3 is 9.30 Å². The number of benzene rings is 1. The van der Waals surface area contributed by atoms with Gasteiger partial charge in [0.05, 0.1) is 0 Å². The Balaban J connectivity index is 1.95. The number of nitrogens with zero attached hydrogens (tertiary/aromatic N) is 1. The number of carbonyl (C=O) groups excluding carboxylic acids is 1. The maximum absolute atomic E-state index is 11.7. The summed E-state index contributed by atoms with van der Waals surface area (Å²) in [6.07, 6.45) is 1.64. The maximum Gasteiger partial charge on any atom is 0.326 e. The van der Waals surface area contributed by atoms with Crippen molar-refractivity contribution in [2.45, 2.75) is 20.1 Å². The summed E-state index contributed by atoms with van der Waals surface area (Å²) in [4.78, 5) is 23.2. The predicted molar refractivity (Wildman–Crippen MR) is 71.7 cm³/mol. The van der Waals surface area contributed by atoms with Crippen LogP contribution in [-0.4, -0.2) is 10.5 Å². The van der Waals surface area contributed by atoms with Crippen LogP contribution in [0.25, 0.3) is 0 Å². The van der Waals surface area contributed by atoms with E-state index in [4.69, 9.17) is 4.74 Å². The monoisotopic (exact) mass is 257 g/mol. The molecule has 2 rings (SSSR count). The Labute approximate surface area is 111 Å². The van der Waals surface area contributed by atoms with Crippen LogP contribution in [0.5, 0.6) is 0 Å². The summed E-state index contributed by atoms with van der Waals surface area (Å²) in [5.74, 6) is -0.420. The molecule has 1 aromatic heterocycles. The molecule has 0 atom stereocenters. The van der Waals surface area contributed by atoms with E-state index in [1.54, 1.807) is 12.3 Å². The molecule has 2 aromatic rings. The van der Waals surface area contributed by atoms with Crippen molar-refractivity contribution in [3.63, 3.8) is 0 Å². The number of hydrogen-bond acceptors (Lipinski definition) is 3. The van der Waals surface area contributed by atoms with Crippen LogP contribution in [0, 0.1) is 6.92 Å². The van der Waals surface area contributed by atoms with Gasteiger partial charge in [-0.05, 0) is 18.1 Å². The van der Waals surface area contributed by atoms with Crippen LogP contribution < -0.4 is 5.56 Å². The minimum atomic E-state index is -0.420. The van der Waals surface area contributed by atoms with Gasteiger partial charge in [0.15, 0.2) is 0 Å². The molecule has 0 aliphatic rings. The molecule has 1 heterocycles. The van der Waals surface area contributed by atoms with E-state index in [2.05, 4.69) is 0 Å². The summed E-state index contributed by atoms with van der Waals surface area (Å²) < 4.78 is 6.48. The van der Waals surface area contributed by atoms with E-state index >= 15 is 0 Å². The summed E-state index contributed by atoms with van der Waals surface area (Å²) in [6.45, 7) is 2.03. The maximum atomic E-state index is 11.7. The molecule has 0 saturated heterocycles. The first-order valence-electron chi connectivity index (χ1n) is 6.02. The number of ether oxygens (including phenoxy) is 1. The summed E-state index contributed by atoms with van der Waals surface area (Å²) in [7, 11) is 0. The second-order valence-corrected chi connectivity index (χ2v) is 4.32. The fraction of sp³-hybridized carbons (Fsp3) is 0.200. The highest BCUT2D eigenvalue weighted by Crippen LogP contribution is 2.01. The highest BCUT2D eigenvalue weighted by Gasteiger charge is 2.06. The Morgan fingerprint density at radius 3 is 2.63 bits per heavy atom. The van der Waals surface area contributed by atoms with Crippen molar-refractivity contribution in [1.29, 1.82) is 0 Å². The zero-order chi connectivity index (χ0) is 13.7. The highest BCUT2D eigenvalue weighted by molar-refractivity contribution is 5.69. The van der Waals surface area contributed by atoms with Crippen LogP contribution >= 0.6 is 0 Å². The molecule has 1 aromatic carbocycles. The van der Waals surface area contributed by atoms with Crippen LogP contribution in [0.3, 0.4) is 0 Å². The van der Waals surface area contributed by atoms with Crippen LogP contribution in [0.2, 0.25) is 0 Å². The van der Waals surface area contributed by atoms with Gasteiger partial charge in [-0.1, -0.05) is 36.4 Å². The molecule has 4 nitrogen and oxygen atoms in total. The van der Waals surface area contributed by atoms with Gasteiger partial charge in [-0.2, -0.15) is 0 Å². The lowest BCUT2D eigenvalue weighted by Crippen LogP contribution is -2.24. The highest BCUT2D eigenvalue weighted by atomic mass is 16.5. The number of rotatable bonds is 4. The Morgan fingerprint density at radius 2 is 1.89 bits per heavy atom. The zero-order valence-electron chi connectivity index (χ0n) is 10.7. The number of esters is 1. The summed E-state index contributed by atoms with van der Waals surface area (Å²) >= 11 is 0. The van der Waals surface area contributed by atoms with E-state index in [0.717, 1.165) is 11.1 Å². The largest absolute Gasteiger partial charge is 0.459 e.